The highest BCUT2D eigenvalue weighted by Crippen LogP contribution is 2.18. The van der Waals surface area contributed by atoms with Gasteiger partial charge in [0.1, 0.15) is 0 Å². The monoisotopic (exact) mass is 365 g/mol. The predicted molar refractivity (Wildman–Crippen MR) is 109 cm³/mol. The molecular formula is C20H39N5O. The van der Waals surface area contributed by atoms with E-state index in [1.165, 1.54) is 38.6 Å². The van der Waals surface area contributed by atoms with Crippen molar-refractivity contribution in [2.24, 2.45) is 4.99 Å². The van der Waals surface area contributed by atoms with Gasteiger partial charge in [-0.25, -0.2) is 0 Å². The quantitative estimate of drug-likeness (QED) is 0.536. The van der Waals surface area contributed by atoms with Crippen LogP contribution >= 0.6 is 0 Å². The first-order chi connectivity index (χ1) is 12.7. The van der Waals surface area contributed by atoms with Gasteiger partial charge in [0.25, 0.3) is 0 Å². The van der Waals surface area contributed by atoms with Crippen molar-refractivity contribution in [3.63, 3.8) is 0 Å². The summed E-state index contributed by atoms with van der Waals surface area (Å²) in [7, 11) is 1.79. The molecule has 0 aliphatic carbocycles. The first kappa shape index (κ1) is 21.0. The van der Waals surface area contributed by atoms with Crippen molar-refractivity contribution in [1.82, 2.24) is 20.4 Å². The Morgan fingerprint density at radius 2 is 1.81 bits per heavy atom. The Bertz CT molecular complexity index is 453. The summed E-state index contributed by atoms with van der Waals surface area (Å²) < 4.78 is 0. The number of carbonyl (C=O) groups is 1. The van der Waals surface area contributed by atoms with Gasteiger partial charge >= 0.3 is 0 Å². The van der Waals surface area contributed by atoms with Crippen molar-refractivity contribution >= 4 is 11.9 Å². The number of hydrogen-bond donors (Lipinski definition) is 2. The average molecular weight is 366 g/mol. The Kier molecular flexibility index (Phi) is 9.23. The molecule has 2 heterocycles. The van der Waals surface area contributed by atoms with E-state index in [1.54, 1.807) is 7.05 Å². The van der Waals surface area contributed by atoms with Gasteiger partial charge in [-0.2, -0.15) is 0 Å². The van der Waals surface area contributed by atoms with Gasteiger partial charge < -0.3 is 15.5 Å². The first-order valence-electron chi connectivity index (χ1n) is 10.6. The highest BCUT2D eigenvalue weighted by Gasteiger charge is 2.23. The fourth-order valence-electron chi connectivity index (χ4n) is 4.26. The summed E-state index contributed by atoms with van der Waals surface area (Å²) in [6.45, 7) is 9.18. The maximum Gasteiger partial charge on any atom is 0.224 e. The zero-order valence-corrected chi connectivity index (χ0v) is 17.1. The Labute approximate surface area is 159 Å². The lowest BCUT2D eigenvalue weighted by atomic mass is 10.0. The molecule has 2 aliphatic heterocycles. The number of carbonyl (C=O) groups excluding carboxylic acids is 1. The summed E-state index contributed by atoms with van der Waals surface area (Å²) in [5.74, 6) is 1.06. The van der Waals surface area contributed by atoms with Gasteiger partial charge in [-0.05, 0) is 52.0 Å². The molecule has 0 aromatic heterocycles. The molecule has 6 nitrogen and oxygen atoms in total. The van der Waals surface area contributed by atoms with Crippen molar-refractivity contribution < 1.29 is 4.79 Å². The number of amides is 1. The summed E-state index contributed by atoms with van der Waals surface area (Å²) in [4.78, 5) is 21.3. The van der Waals surface area contributed by atoms with Gasteiger partial charge in [0.15, 0.2) is 5.96 Å². The summed E-state index contributed by atoms with van der Waals surface area (Å²) in [6.07, 6.45) is 9.32. The third-order valence-electron chi connectivity index (χ3n) is 5.89. The first-order valence-corrected chi connectivity index (χ1v) is 10.6. The molecule has 2 N–H and O–H groups in total. The van der Waals surface area contributed by atoms with E-state index in [9.17, 15) is 4.79 Å². The van der Waals surface area contributed by atoms with E-state index < -0.39 is 0 Å². The summed E-state index contributed by atoms with van der Waals surface area (Å²) in [6, 6.07) is 1.13. The molecular weight excluding hydrogens is 326 g/mol. The number of aliphatic imine (C=N–C) groups is 1. The lowest BCUT2D eigenvalue weighted by Gasteiger charge is -2.35. The van der Waals surface area contributed by atoms with Crippen LogP contribution in [-0.2, 0) is 4.79 Å². The van der Waals surface area contributed by atoms with Crippen molar-refractivity contribution in [2.75, 3.05) is 39.8 Å². The van der Waals surface area contributed by atoms with E-state index in [-0.39, 0.29) is 5.91 Å². The van der Waals surface area contributed by atoms with Gasteiger partial charge in [-0.3, -0.25) is 14.7 Å². The highest BCUT2D eigenvalue weighted by atomic mass is 16.2. The Hall–Kier alpha value is -1.30. The smallest absolute Gasteiger partial charge is 0.224 e. The molecule has 2 atom stereocenters. The minimum absolute atomic E-state index is 0.263. The second kappa shape index (κ2) is 11.4. The zero-order valence-electron chi connectivity index (χ0n) is 17.1. The molecule has 0 spiro atoms. The molecule has 26 heavy (non-hydrogen) atoms. The molecule has 2 fully saturated rings. The molecule has 2 unspecified atom stereocenters. The Morgan fingerprint density at radius 1 is 1.08 bits per heavy atom. The lowest BCUT2D eigenvalue weighted by Crippen LogP contribution is -2.47. The minimum atomic E-state index is 0.263. The number of piperidine rings is 2. The maximum absolute atomic E-state index is 12.4. The Balaban J connectivity index is 1.63. The fraction of sp³-hybridized carbons (Fsp3) is 0.900. The number of nitrogens with one attached hydrogen (secondary N) is 2. The molecule has 6 heteroatoms. The van der Waals surface area contributed by atoms with E-state index in [0.29, 0.717) is 19.0 Å². The fourth-order valence-corrected chi connectivity index (χ4v) is 4.26. The second-order valence-electron chi connectivity index (χ2n) is 7.70. The summed E-state index contributed by atoms with van der Waals surface area (Å²) in [5, 5.41) is 6.69. The molecule has 1 amide bonds. The van der Waals surface area contributed by atoms with Crippen LogP contribution in [0.25, 0.3) is 0 Å². The van der Waals surface area contributed by atoms with Crippen LogP contribution < -0.4 is 10.6 Å². The molecule has 0 saturated carbocycles. The lowest BCUT2D eigenvalue weighted by molar-refractivity contribution is -0.134. The van der Waals surface area contributed by atoms with E-state index >= 15 is 0 Å². The number of guanidine groups is 1. The largest absolute Gasteiger partial charge is 0.356 e. The van der Waals surface area contributed by atoms with Crippen LogP contribution in [-0.4, -0.2) is 73.5 Å². The molecule has 150 valence electrons. The van der Waals surface area contributed by atoms with E-state index in [1.807, 2.05) is 4.90 Å². The molecule has 0 aromatic carbocycles. The maximum atomic E-state index is 12.4. The number of likely N-dealkylation sites (tertiary alicyclic amines) is 2. The molecule has 0 radical (unpaired) electrons. The molecule has 2 saturated heterocycles. The topological polar surface area (TPSA) is 60.0 Å². The van der Waals surface area contributed by atoms with Crippen LogP contribution in [0.4, 0.5) is 0 Å². The summed E-state index contributed by atoms with van der Waals surface area (Å²) >= 11 is 0. The molecule has 2 rings (SSSR count). The molecule has 0 aromatic rings. The van der Waals surface area contributed by atoms with Crippen LogP contribution in [0.1, 0.15) is 65.2 Å². The van der Waals surface area contributed by atoms with Crippen LogP contribution in [0, 0.1) is 0 Å². The molecule has 2 aliphatic rings. The summed E-state index contributed by atoms with van der Waals surface area (Å²) in [5.41, 5.74) is 0. The highest BCUT2D eigenvalue weighted by molar-refractivity contribution is 5.81. The SMILES string of the molecule is CCC1CCCCN1CCNC(=NC)NCCC(=O)N1CCCCC1C. The van der Waals surface area contributed by atoms with Crippen LogP contribution in [0.5, 0.6) is 0 Å². The Morgan fingerprint density at radius 3 is 2.54 bits per heavy atom. The van der Waals surface area contributed by atoms with Crippen LogP contribution in [0.2, 0.25) is 0 Å². The van der Waals surface area contributed by atoms with Gasteiger partial charge in [0.05, 0.1) is 0 Å². The standard InChI is InChI=1S/C20H39N5O/c1-4-18-10-6-7-14-24(18)16-13-23-20(21-3)22-12-11-19(26)25-15-8-5-9-17(25)2/h17-18H,4-16H2,1-3H3,(H2,21,22,23). The van der Waals surface area contributed by atoms with E-state index in [0.717, 1.165) is 44.5 Å². The van der Waals surface area contributed by atoms with Crippen molar-refractivity contribution in [2.45, 2.75) is 77.3 Å². The zero-order chi connectivity index (χ0) is 18.8. The second-order valence-corrected chi connectivity index (χ2v) is 7.70. The van der Waals surface area contributed by atoms with Gasteiger partial charge in [-0.1, -0.05) is 13.3 Å². The third kappa shape index (κ3) is 6.45. The molecule has 0 bridgehead atoms. The minimum Gasteiger partial charge on any atom is -0.356 e. The van der Waals surface area contributed by atoms with Crippen LogP contribution in [0.3, 0.4) is 0 Å². The average Bonchev–Trinajstić information content (AvgIpc) is 2.67. The van der Waals surface area contributed by atoms with E-state index in [2.05, 4.69) is 34.4 Å². The van der Waals surface area contributed by atoms with Crippen LogP contribution in [0.15, 0.2) is 4.99 Å². The van der Waals surface area contributed by atoms with Gasteiger partial charge in [-0.15, -0.1) is 0 Å². The number of nitrogens with zero attached hydrogens (tertiary/aromatic N) is 3. The third-order valence-corrected chi connectivity index (χ3v) is 5.89. The van der Waals surface area contributed by atoms with Crippen molar-refractivity contribution in [3.05, 3.63) is 0 Å². The van der Waals surface area contributed by atoms with E-state index in [4.69, 9.17) is 0 Å². The number of rotatable bonds is 7. The van der Waals surface area contributed by atoms with Crippen molar-refractivity contribution in [1.29, 1.82) is 0 Å². The number of hydrogen-bond acceptors (Lipinski definition) is 3. The normalized spacial score (nSPS) is 25.2. The van der Waals surface area contributed by atoms with Gasteiger partial charge in [0.2, 0.25) is 5.91 Å². The van der Waals surface area contributed by atoms with Gasteiger partial charge in [0, 0.05) is 51.7 Å². The van der Waals surface area contributed by atoms with Crippen molar-refractivity contribution in [3.8, 4) is 0 Å². The predicted octanol–water partition coefficient (Wildman–Crippen LogP) is 2.21.